The van der Waals surface area contributed by atoms with Crippen molar-refractivity contribution in [3.8, 4) is 17.3 Å². The molecule has 2 aromatic carbocycles. The van der Waals surface area contributed by atoms with Crippen LogP contribution in [0.4, 0.5) is 5.82 Å². The normalized spacial score (nSPS) is 16.1. The predicted molar refractivity (Wildman–Crippen MR) is 103 cm³/mol. The van der Waals surface area contributed by atoms with E-state index in [1.807, 2.05) is 36.4 Å². The van der Waals surface area contributed by atoms with Crippen LogP contribution < -0.4 is 10.2 Å². The van der Waals surface area contributed by atoms with E-state index in [1.54, 1.807) is 24.3 Å². The number of nitrogens with zero attached hydrogens (tertiary/aromatic N) is 3. The Bertz CT molecular complexity index is 989. The Hall–Kier alpha value is -3.59. The Morgan fingerprint density at radius 1 is 1.19 bits per heavy atom. The smallest absolute Gasteiger partial charge is 0.251 e. The molecule has 0 radical (unpaired) electrons. The van der Waals surface area contributed by atoms with E-state index in [-0.39, 0.29) is 11.9 Å². The first-order chi connectivity index (χ1) is 13.2. The number of aromatic amines is 1. The Morgan fingerprint density at radius 3 is 2.85 bits per heavy atom. The lowest BCUT2D eigenvalue weighted by Crippen LogP contribution is -2.37. The van der Waals surface area contributed by atoms with Gasteiger partial charge in [0.2, 0.25) is 0 Å². The first-order valence-electron chi connectivity index (χ1n) is 8.90. The lowest BCUT2D eigenvalue weighted by molar-refractivity contribution is 0.0940. The van der Waals surface area contributed by atoms with Gasteiger partial charge in [0, 0.05) is 30.8 Å². The van der Waals surface area contributed by atoms with Crippen LogP contribution in [0.2, 0.25) is 0 Å². The van der Waals surface area contributed by atoms with Crippen molar-refractivity contribution >= 4 is 11.7 Å². The van der Waals surface area contributed by atoms with Crippen molar-refractivity contribution in [2.75, 3.05) is 18.0 Å². The highest BCUT2D eigenvalue weighted by Gasteiger charge is 2.26. The molecule has 1 aliphatic rings. The van der Waals surface area contributed by atoms with Crippen molar-refractivity contribution in [1.82, 2.24) is 15.5 Å². The monoisotopic (exact) mass is 357 g/mol. The van der Waals surface area contributed by atoms with E-state index >= 15 is 0 Å². The molecule has 1 aliphatic heterocycles. The molecular weight excluding hydrogens is 338 g/mol. The summed E-state index contributed by atoms with van der Waals surface area (Å²) in [6.45, 7) is 1.55. The fraction of sp³-hybridized carbons (Fsp3) is 0.190. The molecule has 6 heteroatoms. The number of anilines is 1. The maximum atomic E-state index is 12.4. The van der Waals surface area contributed by atoms with Crippen LogP contribution in [-0.2, 0) is 0 Å². The summed E-state index contributed by atoms with van der Waals surface area (Å²) in [6.07, 6.45) is 0.858. The number of amides is 1. The van der Waals surface area contributed by atoms with Crippen LogP contribution in [0.25, 0.3) is 11.3 Å². The van der Waals surface area contributed by atoms with E-state index in [9.17, 15) is 4.79 Å². The van der Waals surface area contributed by atoms with Crippen LogP contribution in [0.1, 0.15) is 22.3 Å². The molecule has 4 rings (SSSR count). The van der Waals surface area contributed by atoms with Gasteiger partial charge < -0.3 is 10.2 Å². The second-order valence-corrected chi connectivity index (χ2v) is 6.60. The van der Waals surface area contributed by atoms with Gasteiger partial charge in [-0.3, -0.25) is 9.89 Å². The summed E-state index contributed by atoms with van der Waals surface area (Å²) in [5, 5.41) is 19.5. The maximum absolute atomic E-state index is 12.4. The van der Waals surface area contributed by atoms with Gasteiger partial charge in [-0.1, -0.05) is 36.4 Å². The van der Waals surface area contributed by atoms with Gasteiger partial charge in [-0.2, -0.15) is 10.4 Å². The first-order valence-corrected chi connectivity index (χ1v) is 8.90. The number of nitriles is 1. The van der Waals surface area contributed by atoms with Gasteiger partial charge in [-0.25, -0.2) is 0 Å². The third-order valence-electron chi connectivity index (χ3n) is 4.75. The third kappa shape index (κ3) is 3.67. The Morgan fingerprint density at radius 2 is 2.04 bits per heavy atom. The number of benzene rings is 2. The predicted octanol–water partition coefficient (Wildman–Crippen LogP) is 2.96. The minimum Gasteiger partial charge on any atom is -0.353 e. The summed E-state index contributed by atoms with van der Waals surface area (Å²) in [4.78, 5) is 14.6. The van der Waals surface area contributed by atoms with Crippen molar-refractivity contribution in [3.05, 3.63) is 71.8 Å². The molecule has 0 spiro atoms. The van der Waals surface area contributed by atoms with Crippen LogP contribution in [-0.4, -0.2) is 35.2 Å². The Kier molecular flexibility index (Phi) is 4.58. The molecule has 1 saturated heterocycles. The molecule has 0 saturated carbocycles. The molecular formula is C21H19N5O. The minimum absolute atomic E-state index is 0.0557. The summed E-state index contributed by atoms with van der Waals surface area (Å²) in [6, 6.07) is 21.0. The van der Waals surface area contributed by atoms with E-state index in [4.69, 9.17) is 5.26 Å². The van der Waals surface area contributed by atoms with E-state index in [2.05, 4.69) is 26.5 Å². The van der Waals surface area contributed by atoms with Gasteiger partial charge in [0.25, 0.3) is 5.91 Å². The summed E-state index contributed by atoms with van der Waals surface area (Å²) >= 11 is 0. The average Bonchev–Trinajstić information content (AvgIpc) is 3.38. The van der Waals surface area contributed by atoms with Gasteiger partial charge in [0.1, 0.15) is 0 Å². The summed E-state index contributed by atoms with van der Waals surface area (Å²) < 4.78 is 0. The van der Waals surface area contributed by atoms with E-state index < -0.39 is 0 Å². The highest BCUT2D eigenvalue weighted by atomic mass is 16.1. The summed E-state index contributed by atoms with van der Waals surface area (Å²) in [5.74, 6) is 0.739. The lowest BCUT2D eigenvalue weighted by atomic mass is 10.1. The molecule has 0 bridgehead atoms. The average molecular weight is 357 g/mol. The van der Waals surface area contributed by atoms with Crippen molar-refractivity contribution in [3.63, 3.8) is 0 Å². The largest absolute Gasteiger partial charge is 0.353 e. The molecule has 1 fully saturated rings. The van der Waals surface area contributed by atoms with E-state index in [0.29, 0.717) is 17.7 Å². The van der Waals surface area contributed by atoms with Gasteiger partial charge in [-0.05, 0) is 30.2 Å². The van der Waals surface area contributed by atoms with Gasteiger partial charge in [0.05, 0.1) is 17.3 Å². The third-order valence-corrected chi connectivity index (χ3v) is 4.75. The number of rotatable bonds is 4. The van der Waals surface area contributed by atoms with Gasteiger partial charge in [0.15, 0.2) is 5.82 Å². The molecule has 0 aliphatic carbocycles. The van der Waals surface area contributed by atoms with Crippen LogP contribution in [0, 0.1) is 11.3 Å². The van der Waals surface area contributed by atoms with Crippen LogP contribution in [0.5, 0.6) is 0 Å². The minimum atomic E-state index is -0.147. The second kappa shape index (κ2) is 7.34. The molecule has 1 atom stereocenters. The van der Waals surface area contributed by atoms with Gasteiger partial charge in [-0.15, -0.1) is 0 Å². The molecule has 2 N–H and O–H groups in total. The van der Waals surface area contributed by atoms with E-state index in [1.165, 1.54) is 0 Å². The standard InChI is InChI=1S/C21H19N5O/c22-13-15-5-4-8-17(11-15)21(27)23-18-9-10-26(14-18)20-12-19(24-25-20)16-6-2-1-3-7-16/h1-8,11-12,18H,9-10,14H2,(H,23,27)(H,24,25). The quantitative estimate of drug-likeness (QED) is 0.752. The number of hydrogen-bond donors (Lipinski definition) is 2. The number of hydrogen-bond acceptors (Lipinski definition) is 4. The van der Waals surface area contributed by atoms with Crippen molar-refractivity contribution in [1.29, 1.82) is 5.26 Å². The van der Waals surface area contributed by atoms with Crippen LogP contribution >= 0.6 is 0 Å². The highest BCUT2D eigenvalue weighted by molar-refractivity contribution is 5.94. The zero-order valence-electron chi connectivity index (χ0n) is 14.7. The molecule has 1 amide bonds. The van der Waals surface area contributed by atoms with Crippen molar-refractivity contribution in [2.24, 2.45) is 0 Å². The molecule has 1 unspecified atom stereocenters. The van der Waals surface area contributed by atoms with Crippen LogP contribution in [0.3, 0.4) is 0 Å². The van der Waals surface area contributed by atoms with Gasteiger partial charge >= 0.3 is 0 Å². The molecule has 6 nitrogen and oxygen atoms in total. The number of carbonyl (C=O) groups is 1. The summed E-state index contributed by atoms with van der Waals surface area (Å²) in [5.41, 5.74) is 3.07. The topological polar surface area (TPSA) is 84.8 Å². The molecule has 27 heavy (non-hydrogen) atoms. The Labute approximate surface area is 157 Å². The molecule has 1 aromatic heterocycles. The van der Waals surface area contributed by atoms with Crippen molar-refractivity contribution in [2.45, 2.75) is 12.5 Å². The van der Waals surface area contributed by atoms with Crippen molar-refractivity contribution < 1.29 is 4.79 Å². The molecule has 2 heterocycles. The zero-order chi connectivity index (χ0) is 18.6. The number of aromatic nitrogens is 2. The number of carbonyl (C=O) groups excluding carboxylic acids is 1. The van der Waals surface area contributed by atoms with E-state index in [0.717, 1.165) is 30.0 Å². The SMILES string of the molecule is N#Cc1cccc(C(=O)NC2CCN(c3cc(-c4ccccc4)[nH]n3)C2)c1. The van der Waals surface area contributed by atoms with Crippen LogP contribution in [0.15, 0.2) is 60.7 Å². The fourth-order valence-electron chi connectivity index (χ4n) is 3.32. The first kappa shape index (κ1) is 16.9. The number of nitrogens with one attached hydrogen (secondary N) is 2. The molecule has 3 aromatic rings. The second-order valence-electron chi connectivity index (χ2n) is 6.60. The maximum Gasteiger partial charge on any atom is 0.251 e. The fourth-order valence-corrected chi connectivity index (χ4v) is 3.32. The summed E-state index contributed by atoms with van der Waals surface area (Å²) in [7, 11) is 0. The highest BCUT2D eigenvalue weighted by Crippen LogP contribution is 2.24. The lowest BCUT2D eigenvalue weighted by Gasteiger charge is -2.16. The zero-order valence-corrected chi connectivity index (χ0v) is 14.7. The number of H-pyrrole nitrogens is 1. The molecule has 134 valence electrons. The Balaban J connectivity index is 1.40.